The van der Waals surface area contributed by atoms with Gasteiger partial charge in [-0.15, -0.1) is 0 Å². The topological polar surface area (TPSA) is 90.9 Å². The standard InChI is InChI=1S/C19H14F4N6O/c1-9-25-14-6-12(20)13(21)7-15(14)29(9)17-8-16(24)27-19(28-17)26-10-2-4-11(5-3-10)30-18(22)23/h2-8,18H,1H3,(H3,24,26,27,28). The summed E-state index contributed by atoms with van der Waals surface area (Å²) in [4.78, 5) is 12.7. The fourth-order valence-electron chi connectivity index (χ4n) is 2.95. The number of nitrogen functional groups attached to an aromatic ring is 1. The van der Waals surface area contributed by atoms with Crippen LogP contribution in [0.1, 0.15) is 5.82 Å². The van der Waals surface area contributed by atoms with Crippen LogP contribution < -0.4 is 15.8 Å². The van der Waals surface area contributed by atoms with E-state index in [4.69, 9.17) is 5.73 Å². The molecule has 154 valence electrons. The number of ether oxygens (including phenoxy) is 1. The van der Waals surface area contributed by atoms with Gasteiger partial charge in [0.25, 0.3) is 0 Å². The number of benzene rings is 2. The number of imidazole rings is 1. The maximum Gasteiger partial charge on any atom is 0.387 e. The minimum atomic E-state index is -2.92. The van der Waals surface area contributed by atoms with Crippen LogP contribution >= 0.6 is 0 Å². The van der Waals surface area contributed by atoms with Crippen LogP contribution in [0.15, 0.2) is 42.5 Å². The Morgan fingerprint density at radius 2 is 1.70 bits per heavy atom. The van der Waals surface area contributed by atoms with E-state index in [1.165, 1.54) is 34.9 Å². The fourth-order valence-corrected chi connectivity index (χ4v) is 2.95. The van der Waals surface area contributed by atoms with Gasteiger partial charge in [-0.2, -0.15) is 18.7 Å². The largest absolute Gasteiger partial charge is 0.435 e. The molecule has 0 aliphatic rings. The summed E-state index contributed by atoms with van der Waals surface area (Å²) in [6.45, 7) is -1.27. The SMILES string of the molecule is Cc1nc2cc(F)c(F)cc2n1-c1cc(N)nc(Nc2ccc(OC(F)F)cc2)n1. The number of nitrogens with two attached hydrogens (primary N) is 1. The third kappa shape index (κ3) is 3.81. The number of nitrogens with one attached hydrogen (secondary N) is 1. The molecule has 0 radical (unpaired) electrons. The molecular weight excluding hydrogens is 404 g/mol. The number of aryl methyl sites for hydroxylation is 1. The number of halogens is 4. The van der Waals surface area contributed by atoms with Crippen molar-refractivity contribution < 1.29 is 22.3 Å². The van der Waals surface area contributed by atoms with Crippen molar-refractivity contribution in [3.8, 4) is 11.6 Å². The summed E-state index contributed by atoms with van der Waals surface area (Å²) in [6, 6.07) is 9.19. The van der Waals surface area contributed by atoms with Crippen molar-refractivity contribution >= 4 is 28.5 Å². The molecule has 0 aliphatic heterocycles. The molecule has 0 amide bonds. The number of aromatic nitrogens is 4. The Balaban J connectivity index is 1.70. The van der Waals surface area contributed by atoms with Gasteiger partial charge in [0.2, 0.25) is 5.95 Å². The summed E-state index contributed by atoms with van der Waals surface area (Å²) in [5.74, 6) is -1.08. The lowest BCUT2D eigenvalue weighted by Crippen LogP contribution is -2.07. The Morgan fingerprint density at radius 3 is 2.40 bits per heavy atom. The summed E-state index contributed by atoms with van der Waals surface area (Å²) < 4.78 is 57.6. The van der Waals surface area contributed by atoms with Crippen LogP contribution in [-0.4, -0.2) is 26.1 Å². The highest BCUT2D eigenvalue weighted by atomic mass is 19.3. The van der Waals surface area contributed by atoms with Crippen LogP contribution in [0.4, 0.5) is 35.0 Å². The van der Waals surface area contributed by atoms with E-state index in [2.05, 4.69) is 25.0 Å². The Morgan fingerprint density at radius 1 is 1.00 bits per heavy atom. The van der Waals surface area contributed by atoms with Crippen LogP contribution in [0, 0.1) is 18.6 Å². The van der Waals surface area contributed by atoms with Crippen LogP contribution in [-0.2, 0) is 0 Å². The summed E-state index contributed by atoms with van der Waals surface area (Å²) in [5, 5.41) is 2.90. The number of anilines is 3. The third-order valence-electron chi connectivity index (χ3n) is 4.16. The molecule has 2 heterocycles. The molecule has 7 nitrogen and oxygen atoms in total. The average Bonchev–Trinajstić information content (AvgIpc) is 2.97. The van der Waals surface area contributed by atoms with E-state index in [0.717, 1.165) is 12.1 Å². The maximum atomic E-state index is 13.8. The Kier molecular flexibility index (Phi) is 4.86. The highest BCUT2D eigenvalue weighted by Crippen LogP contribution is 2.25. The van der Waals surface area contributed by atoms with Gasteiger partial charge in [0.05, 0.1) is 11.0 Å². The molecular formula is C19H14F4N6O. The average molecular weight is 418 g/mol. The second-order valence-corrected chi connectivity index (χ2v) is 6.25. The molecule has 0 fully saturated rings. The van der Waals surface area contributed by atoms with Crippen LogP contribution in [0.5, 0.6) is 5.75 Å². The van der Waals surface area contributed by atoms with Crippen LogP contribution in [0.3, 0.4) is 0 Å². The summed E-state index contributed by atoms with van der Waals surface area (Å²) >= 11 is 0. The zero-order valence-electron chi connectivity index (χ0n) is 15.4. The molecule has 3 N–H and O–H groups in total. The van der Waals surface area contributed by atoms with E-state index < -0.39 is 18.2 Å². The molecule has 0 unspecified atom stereocenters. The van der Waals surface area contributed by atoms with Crippen molar-refractivity contribution in [2.75, 3.05) is 11.1 Å². The third-order valence-corrected chi connectivity index (χ3v) is 4.16. The number of nitrogens with zero attached hydrogens (tertiary/aromatic N) is 4. The molecule has 2 aromatic heterocycles. The van der Waals surface area contributed by atoms with Gasteiger partial charge < -0.3 is 15.8 Å². The molecule has 30 heavy (non-hydrogen) atoms. The summed E-state index contributed by atoms with van der Waals surface area (Å²) in [7, 11) is 0. The minimum Gasteiger partial charge on any atom is -0.435 e. The molecule has 0 spiro atoms. The van der Waals surface area contributed by atoms with Gasteiger partial charge in [0.1, 0.15) is 23.2 Å². The zero-order chi connectivity index (χ0) is 21.4. The highest BCUT2D eigenvalue weighted by molar-refractivity contribution is 5.78. The van der Waals surface area contributed by atoms with Crippen molar-refractivity contribution in [2.24, 2.45) is 0 Å². The Bertz CT molecular complexity index is 1230. The Labute approximate surface area is 167 Å². The van der Waals surface area contributed by atoms with Crippen molar-refractivity contribution in [2.45, 2.75) is 13.5 Å². The monoisotopic (exact) mass is 418 g/mol. The van der Waals surface area contributed by atoms with Gasteiger partial charge >= 0.3 is 6.61 Å². The molecule has 0 bridgehead atoms. The summed E-state index contributed by atoms with van der Waals surface area (Å²) in [5.41, 5.74) is 6.94. The van der Waals surface area contributed by atoms with Gasteiger partial charge in [0.15, 0.2) is 11.6 Å². The number of hydrogen-bond acceptors (Lipinski definition) is 6. The summed E-state index contributed by atoms with van der Waals surface area (Å²) in [6.07, 6.45) is 0. The number of rotatable bonds is 5. The Hall–Kier alpha value is -3.89. The quantitative estimate of drug-likeness (QED) is 0.469. The molecule has 0 saturated heterocycles. The molecule has 2 aromatic carbocycles. The van der Waals surface area contributed by atoms with Crippen molar-refractivity contribution in [1.82, 2.24) is 19.5 Å². The van der Waals surface area contributed by atoms with Crippen molar-refractivity contribution in [1.29, 1.82) is 0 Å². The normalized spacial score (nSPS) is 11.3. The van der Waals surface area contributed by atoms with E-state index in [9.17, 15) is 17.6 Å². The van der Waals surface area contributed by atoms with Gasteiger partial charge in [-0.25, -0.2) is 13.8 Å². The number of alkyl halides is 2. The molecule has 11 heteroatoms. The van der Waals surface area contributed by atoms with E-state index in [1.807, 2.05) is 0 Å². The smallest absolute Gasteiger partial charge is 0.387 e. The maximum absolute atomic E-state index is 13.8. The minimum absolute atomic E-state index is 0.000461. The lowest BCUT2D eigenvalue weighted by Gasteiger charge is -2.11. The molecule has 4 rings (SSSR count). The molecule has 0 saturated carbocycles. The van der Waals surface area contributed by atoms with Crippen molar-refractivity contribution in [3.63, 3.8) is 0 Å². The van der Waals surface area contributed by atoms with E-state index >= 15 is 0 Å². The van der Waals surface area contributed by atoms with Crippen LogP contribution in [0.25, 0.3) is 16.9 Å². The van der Waals surface area contributed by atoms with Gasteiger partial charge in [-0.05, 0) is 31.2 Å². The molecule has 0 atom stereocenters. The van der Waals surface area contributed by atoms with E-state index in [1.54, 1.807) is 6.92 Å². The van der Waals surface area contributed by atoms with Gasteiger partial charge in [0, 0.05) is 23.9 Å². The lowest BCUT2D eigenvalue weighted by atomic mass is 10.3. The molecule has 0 aliphatic carbocycles. The zero-order valence-corrected chi connectivity index (χ0v) is 15.4. The van der Waals surface area contributed by atoms with Crippen LogP contribution in [0.2, 0.25) is 0 Å². The van der Waals surface area contributed by atoms with Gasteiger partial charge in [-0.1, -0.05) is 0 Å². The first kappa shape index (κ1) is 19.4. The second-order valence-electron chi connectivity index (χ2n) is 6.25. The predicted octanol–water partition coefficient (Wildman–Crippen LogP) is 4.33. The van der Waals surface area contributed by atoms with Crippen molar-refractivity contribution in [3.05, 3.63) is 59.9 Å². The fraction of sp³-hybridized carbons (Fsp3) is 0.105. The first-order valence-electron chi connectivity index (χ1n) is 8.61. The first-order chi connectivity index (χ1) is 14.3. The van der Waals surface area contributed by atoms with E-state index in [-0.39, 0.29) is 28.9 Å². The highest BCUT2D eigenvalue weighted by Gasteiger charge is 2.16. The molecule has 4 aromatic rings. The predicted molar refractivity (Wildman–Crippen MR) is 102 cm³/mol. The first-order valence-corrected chi connectivity index (χ1v) is 8.61. The second kappa shape index (κ2) is 7.50. The number of hydrogen-bond donors (Lipinski definition) is 2. The number of fused-ring (bicyclic) bond motifs is 1. The lowest BCUT2D eigenvalue weighted by molar-refractivity contribution is -0.0498. The van der Waals surface area contributed by atoms with E-state index in [0.29, 0.717) is 17.0 Å². The van der Waals surface area contributed by atoms with Gasteiger partial charge in [-0.3, -0.25) is 4.57 Å².